The molecule has 2 amide bonds. The van der Waals surface area contributed by atoms with E-state index in [4.69, 9.17) is 21.1 Å². The summed E-state index contributed by atoms with van der Waals surface area (Å²) in [6, 6.07) is 9.18. The van der Waals surface area contributed by atoms with E-state index in [1.165, 1.54) is 38.6 Å². The summed E-state index contributed by atoms with van der Waals surface area (Å²) in [5.41, 5.74) is -0.258. The zero-order chi connectivity index (χ0) is 31.3. The lowest BCUT2D eigenvalue weighted by molar-refractivity contribution is -0.122. The molecule has 0 aliphatic carbocycles. The Kier molecular flexibility index (Phi) is 8.28. The van der Waals surface area contributed by atoms with Crippen LogP contribution in [0.4, 0.5) is 15.8 Å². The molecule has 5 rings (SSSR count). The van der Waals surface area contributed by atoms with E-state index in [0.717, 1.165) is 0 Å². The van der Waals surface area contributed by atoms with Crippen molar-refractivity contribution in [3.63, 3.8) is 0 Å². The van der Waals surface area contributed by atoms with Gasteiger partial charge in [-0.2, -0.15) is 0 Å². The Morgan fingerprint density at radius 2 is 1.93 bits per heavy atom. The monoisotopic (exact) mass is 672 g/mol. The van der Waals surface area contributed by atoms with E-state index in [1.54, 1.807) is 24.3 Å². The number of rotatable bonds is 6. The van der Waals surface area contributed by atoms with Gasteiger partial charge in [-0.1, -0.05) is 44.5 Å². The van der Waals surface area contributed by atoms with Gasteiger partial charge in [-0.3, -0.25) is 14.6 Å². The van der Waals surface area contributed by atoms with Crippen LogP contribution in [0.2, 0.25) is 5.02 Å². The van der Waals surface area contributed by atoms with Gasteiger partial charge in [0, 0.05) is 18.2 Å². The molecule has 0 saturated carbocycles. The van der Waals surface area contributed by atoms with Crippen LogP contribution in [0, 0.1) is 11.2 Å². The minimum atomic E-state index is -1.46. The number of nitrogens with zero attached hydrogens (tertiary/aromatic N) is 1. The second-order valence-corrected chi connectivity index (χ2v) is 13.1. The van der Waals surface area contributed by atoms with Gasteiger partial charge in [-0.15, -0.1) is 0 Å². The molecule has 3 aromatic rings. The van der Waals surface area contributed by atoms with Crippen molar-refractivity contribution in [2.24, 2.45) is 5.41 Å². The van der Waals surface area contributed by atoms with Crippen LogP contribution in [0.5, 0.6) is 5.75 Å². The van der Waals surface area contributed by atoms with Gasteiger partial charge in [-0.05, 0) is 63.7 Å². The van der Waals surface area contributed by atoms with Crippen LogP contribution in [0.15, 0.2) is 53.1 Å². The smallest absolute Gasteiger partial charge is 0.337 e. The third kappa shape index (κ3) is 5.38. The molecule has 0 radical (unpaired) electrons. The molecule has 2 aromatic carbocycles. The minimum absolute atomic E-state index is 0.172. The van der Waals surface area contributed by atoms with Crippen molar-refractivity contribution in [1.29, 1.82) is 0 Å². The first-order valence-electron chi connectivity index (χ1n) is 13.6. The van der Waals surface area contributed by atoms with Crippen LogP contribution < -0.4 is 20.7 Å². The summed E-state index contributed by atoms with van der Waals surface area (Å²) in [5, 5.41) is 9.53. The molecule has 226 valence electrons. The van der Waals surface area contributed by atoms with Crippen molar-refractivity contribution in [3.8, 4) is 5.75 Å². The van der Waals surface area contributed by atoms with E-state index in [-0.39, 0.29) is 32.5 Å². The molecule has 1 saturated heterocycles. The number of nitrogens with one attached hydrogen (secondary N) is 3. The summed E-state index contributed by atoms with van der Waals surface area (Å²) in [6.07, 6.45) is 1.91. The number of halogens is 3. The molecule has 3 heterocycles. The maximum atomic E-state index is 16.0. The van der Waals surface area contributed by atoms with E-state index in [9.17, 15) is 14.4 Å². The first kappa shape index (κ1) is 30.9. The zero-order valence-electron chi connectivity index (χ0n) is 24.2. The molecule has 4 unspecified atom stereocenters. The van der Waals surface area contributed by atoms with Gasteiger partial charge in [0.05, 0.1) is 52.4 Å². The van der Waals surface area contributed by atoms with Crippen LogP contribution >= 0.6 is 27.5 Å². The maximum Gasteiger partial charge on any atom is 0.337 e. The fourth-order valence-electron chi connectivity index (χ4n) is 6.23. The number of carbonyl (C=O) groups is 3. The standard InChI is InChI=1S/C31H31BrClFN4O5/c1-30(2,3)13-22-31(26-20(37-29(31)41)12-16(33)14-35-26)23(17-7-6-8-18(32)24(17)34)25(38-22)27(39)36-19-10-9-15(28(40)43-5)11-21(19)42-4/h6-12,14,22-23,25,38H,13H2,1-5H3,(H,36,39)(H,37,41). The molecule has 2 aliphatic rings. The lowest BCUT2D eigenvalue weighted by atomic mass is 9.64. The largest absolute Gasteiger partial charge is 0.495 e. The Hall–Kier alpha value is -3.54. The highest BCUT2D eigenvalue weighted by atomic mass is 79.9. The summed E-state index contributed by atoms with van der Waals surface area (Å²) in [7, 11) is 2.67. The summed E-state index contributed by atoms with van der Waals surface area (Å²) < 4.78 is 26.5. The van der Waals surface area contributed by atoms with Crippen LogP contribution in [-0.2, 0) is 19.7 Å². The van der Waals surface area contributed by atoms with Crippen molar-refractivity contribution >= 4 is 56.7 Å². The molecule has 9 nitrogen and oxygen atoms in total. The second-order valence-electron chi connectivity index (χ2n) is 11.9. The van der Waals surface area contributed by atoms with Gasteiger partial charge in [0.25, 0.3) is 0 Å². The SMILES string of the molecule is COC(=O)c1ccc(NC(=O)C2NC(CC(C)(C)C)C3(C(=O)Nc4cc(Cl)cnc43)C2c2cccc(Br)c2F)c(OC)c1. The van der Waals surface area contributed by atoms with E-state index in [0.29, 0.717) is 22.8 Å². The summed E-state index contributed by atoms with van der Waals surface area (Å²) in [5.74, 6) is -2.88. The molecule has 4 atom stereocenters. The van der Waals surface area contributed by atoms with E-state index < -0.39 is 47.0 Å². The molecule has 3 N–H and O–H groups in total. The second kappa shape index (κ2) is 11.5. The van der Waals surface area contributed by atoms with Crippen molar-refractivity contribution in [1.82, 2.24) is 10.3 Å². The molecule has 1 spiro atoms. The number of aromatic nitrogens is 1. The van der Waals surface area contributed by atoms with Gasteiger partial charge < -0.3 is 25.4 Å². The number of hydrogen-bond acceptors (Lipinski definition) is 7. The topological polar surface area (TPSA) is 119 Å². The molecule has 0 bridgehead atoms. The molecule has 43 heavy (non-hydrogen) atoms. The Morgan fingerprint density at radius 1 is 1.19 bits per heavy atom. The fourth-order valence-corrected chi connectivity index (χ4v) is 6.77. The van der Waals surface area contributed by atoms with Crippen LogP contribution in [0.3, 0.4) is 0 Å². The van der Waals surface area contributed by atoms with E-state index in [1.807, 2.05) is 20.8 Å². The lowest BCUT2D eigenvalue weighted by Gasteiger charge is -2.37. The number of ether oxygens (including phenoxy) is 2. The minimum Gasteiger partial charge on any atom is -0.495 e. The highest BCUT2D eigenvalue weighted by molar-refractivity contribution is 9.10. The first-order valence-corrected chi connectivity index (χ1v) is 14.7. The Balaban J connectivity index is 1.68. The number of amides is 2. The van der Waals surface area contributed by atoms with E-state index in [2.05, 4.69) is 36.9 Å². The summed E-state index contributed by atoms with van der Waals surface area (Å²) in [4.78, 5) is 45.1. The Labute approximate surface area is 262 Å². The van der Waals surface area contributed by atoms with Crippen molar-refractivity contribution in [3.05, 3.63) is 80.8 Å². The molecule has 1 aromatic heterocycles. The Bertz CT molecular complexity index is 1630. The average Bonchev–Trinajstić information content (AvgIpc) is 3.43. The molecular formula is C31H31BrClFN4O5. The summed E-state index contributed by atoms with van der Waals surface area (Å²) in [6.45, 7) is 6.09. The number of methoxy groups -OCH3 is 2. The summed E-state index contributed by atoms with van der Waals surface area (Å²) >= 11 is 9.53. The molecule has 12 heteroatoms. The molecule has 2 aliphatic heterocycles. The van der Waals surface area contributed by atoms with E-state index >= 15 is 4.39 Å². The van der Waals surface area contributed by atoms with Gasteiger partial charge in [-0.25, -0.2) is 9.18 Å². The van der Waals surface area contributed by atoms with Gasteiger partial charge in [0.1, 0.15) is 17.0 Å². The number of carbonyl (C=O) groups excluding carboxylic acids is 3. The molecule has 1 fully saturated rings. The normalized spacial score (nSPS) is 22.7. The number of anilines is 2. The average molecular weight is 674 g/mol. The predicted molar refractivity (Wildman–Crippen MR) is 164 cm³/mol. The first-order chi connectivity index (χ1) is 20.3. The molecular weight excluding hydrogens is 643 g/mol. The highest BCUT2D eigenvalue weighted by Crippen LogP contribution is 2.56. The van der Waals surface area contributed by atoms with Gasteiger partial charge >= 0.3 is 5.97 Å². The third-order valence-electron chi connectivity index (χ3n) is 7.92. The van der Waals surface area contributed by atoms with Crippen LogP contribution in [0.25, 0.3) is 0 Å². The maximum absolute atomic E-state index is 16.0. The van der Waals surface area contributed by atoms with Crippen molar-refractivity contribution in [2.45, 2.75) is 50.6 Å². The highest BCUT2D eigenvalue weighted by Gasteiger charge is 2.67. The number of fused-ring (bicyclic) bond motifs is 2. The van der Waals surface area contributed by atoms with Gasteiger partial charge in [0.2, 0.25) is 11.8 Å². The fraction of sp³-hybridized carbons (Fsp3) is 0.355. The van der Waals surface area contributed by atoms with Crippen molar-refractivity contribution in [2.75, 3.05) is 24.9 Å². The quantitative estimate of drug-likeness (QED) is 0.282. The number of benzene rings is 2. The third-order valence-corrected chi connectivity index (χ3v) is 8.74. The van der Waals surface area contributed by atoms with Crippen LogP contribution in [-0.4, -0.2) is 49.1 Å². The number of esters is 1. The van der Waals surface area contributed by atoms with Crippen LogP contribution in [0.1, 0.15) is 54.7 Å². The lowest BCUT2D eigenvalue weighted by Crippen LogP contribution is -2.50. The zero-order valence-corrected chi connectivity index (χ0v) is 26.5. The number of pyridine rings is 1. The van der Waals surface area contributed by atoms with Crippen molar-refractivity contribution < 1.29 is 28.2 Å². The predicted octanol–water partition coefficient (Wildman–Crippen LogP) is 5.82. The van der Waals surface area contributed by atoms with Gasteiger partial charge in [0.15, 0.2) is 0 Å². The number of hydrogen-bond donors (Lipinski definition) is 3. The Morgan fingerprint density at radius 3 is 2.60 bits per heavy atom.